The average molecular weight is 840 g/mol. The van der Waals surface area contributed by atoms with Gasteiger partial charge in [0.05, 0.1) is 24.5 Å². The summed E-state index contributed by atoms with van der Waals surface area (Å²) in [5, 5.41) is 12.7. The number of halogens is 1. The van der Waals surface area contributed by atoms with E-state index in [2.05, 4.69) is 50.3 Å². The van der Waals surface area contributed by atoms with Crippen LogP contribution in [0, 0.1) is 17.2 Å². The number of fused-ring (bicyclic) bond motifs is 5. The number of hydrogen-bond donors (Lipinski definition) is 2. The molecule has 12 heteroatoms. The summed E-state index contributed by atoms with van der Waals surface area (Å²) in [4.78, 5) is 46.6. The van der Waals surface area contributed by atoms with E-state index in [9.17, 15) is 19.5 Å². The van der Waals surface area contributed by atoms with Gasteiger partial charge in [0, 0.05) is 80.8 Å². The summed E-state index contributed by atoms with van der Waals surface area (Å²) >= 11 is 0. The molecular formula is C50H54FN5O6. The highest BCUT2D eigenvalue weighted by molar-refractivity contribution is 6.06. The molecule has 7 aliphatic rings. The van der Waals surface area contributed by atoms with Crippen LogP contribution < -0.4 is 24.6 Å². The number of hydrogen-bond acceptors (Lipinski definition) is 9. The van der Waals surface area contributed by atoms with Crippen LogP contribution in [0.25, 0.3) is 0 Å². The number of piperazine rings is 1. The molecule has 3 saturated heterocycles. The number of nitrogens with one attached hydrogen (secondary N) is 1. The van der Waals surface area contributed by atoms with Crippen LogP contribution in [0.5, 0.6) is 17.2 Å². The van der Waals surface area contributed by atoms with Gasteiger partial charge in [-0.15, -0.1) is 0 Å². The molecule has 4 atom stereocenters. The van der Waals surface area contributed by atoms with Gasteiger partial charge in [0.2, 0.25) is 11.8 Å². The molecule has 62 heavy (non-hydrogen) atoms. The maximum absolute atomic E-state index is 16.4. The maximum atomic E-state index is 16.4. The normalized spacial score (nSPS) is 25.6. The first-order valence-electron chi connectivity index (χ1n) is 22.6. The van der Waals surface area contributed by atoms with Gasteiger partial charge in [-0.3, -0.25) is 24.6 Å². The van der Waals surface area contributed by atoms with E-state index in [0.717, 1.165) is 98.6 Å². The quantitative estimate of drug-likeness (QED) is 0.196. The second-order valence-corrected chi connectivity index (χ2v) is 19.1. The van der Waals surface area contributed by atoms with Gasteiger partial charge < -0.3 is 29.3 Å². The second kappa shape index (κ2) is 15.3. The number of phenols is 1. The van der Waals surface area contributed by atoms with E-state index in [-0.39, 0.29) is 53.1 Å². The van der Waals surface area contributed by atoms with Crippen molar-refractivity contribution in [3.8, 4) is 17.2 Å². The molecule has 2 aliphatic carbocycles. The van der Waals surface area contributed by atoms with E-state index >= 15 is 4.39 Å². The van der Waals surface area contributed by atoms with Crippen molar-refractivity contribution in [2.45, 2.75) is 81.8 Å². The molecule has 1 saturated carbocycles. The SMILES string of the molecule is COc1cc(N2CC3(CCC(CN4CCN5c6cc7c(cc6OC[C@@H]5C4)C(=O)N([C@H]4CCC(=O)NC4=O)C7)CC3)C2)c(F)cc1[C@H]1c2ccc(O)cc2CC[C@H]1c1ccccc1. The van der Waals surface area contributed by atoms with Gasteiger partial charge in [0.25, 0.3) is 5.91 Å². The van der Waals surface area contributed by atoms with Gasteiger partial charge >= 0.3 is 0 Å². The minimum absolute atomic E-state index is 0.102. The van der Waals surface area contributed by atoms with Crippen LogP contribution in [0.3, 0.4) is 0 Å². The Morgan fingerprint density at radius 3 is 2.48 bits per heavy atom. The topological polar surface area (TPSA) is 115 Å². The number of imide groups is 1. The number of amides is 3. The molecule has 4 aromatic rings. The van der Waals surface area contributed by atoms with Crippen LogP contribution in [0.15, 0.2) is 72.8 Å². The number of methoxy groups -OCH3 is 1. The monoisotopic (exact) mass is 839 g/mol. The first-order chi connectivity index (χ1) is 30.1. The highest BCUT2D eigenvalue weighted by Crippen LogP contribution is 2.52. The minimum Gasteiger partial charge on any atom is -0.508 e. The van der Waals surface area contributed by atoms with Crippen molar-refractivity contribution in [2.24, 2.45) is 11.3 Å². The smallest absolute Gasteiger partial charge is 0.255 e. The lowest BCUT2D eigenvalue weighted by Crippen LogP contribution is -2.59. The molecule has 0 unspecified atom stereocenters. The number of rotatable bonds is 7. The van der Waals surface area contributed by atoms with Crippen LogP contribution in [0.1, 0.15) is 95.0 Å². The number of nitrogens with zero attached hydrogens (tertiary/aromatic N) is 4. The molecule has 0 radical (unpaired) electrons. The van der Waals surface area contributed by atoms with E-state index in [1.54, 1.807) is 24.1 Å². The van der Waals surface area contributed by atoms with E-state index < -0.39 is 11.9 Å². The molecule has 11 rings (SSSR count). The number of piperidine rings is 1. The second-order valence-electron chi connectivity index (χ2n) is 19.1. The van der Waals surface area contributed by atoms with Crippen molar-refractivity contribution < 1.29 is 33.4 Å². The van der Waals surface area contributed by atoms with Gasteiger partial charge in [-0.05, 0) is 109 Å². The highest BCUT2D eigenvalue weighted by atomic mass is 19.1. The third kappa shape index (κ3) is 6.76. The predicted molar refractivity (Wildman–Crippen MR) is 233 cm³/mol. The fourth-order valence-corrected chi connectivity index (χ4v) is 12.2. The van der Waals surface area contributed by atoms with Gasteiger partial charge in [0.15, 0.2) is 0 Å². The van der Waals surface area contributed by atoms with Gasteiger partial charge in [-0.1, -0.05) is 36.4 Å². The molecule has 4 fully saturated rings. The van der Waals surface area contributed by atoms with E-state index in [4.69, 9.17) is 9.47 Å². The molecule has 5 aliphatic heterocycles. The highest BCUT2D eigenvalue weighted by Gasteiger charge is 2.47. The lowest BCUT2D eigenvalue weighted by atomic mass is 9.65. The number of carbonyl (C=O) groups is 3. The van der Waals surface area contributed by atoms with Gasteiger partial charge in [-0.25, -0.2) is 4.39 Å². The zero-order valence-corrected chi connectivity index (χ0v) is 35.3. The number of phenolic OH excluding ortho intramolecular Hbond substituents is 1. The van der Waals surface area contributed by atoms with Gasteiger partial charge in [0.1, 0.15) is 35.7 Å². The molecule has 4 aromatic carbocycles. The third-order valence-corrected chi connectivity index (χ3v) is 15.4. The summed E-state index contributed by atoms with van der Waals surface area (Å²) < 4.78 is 28.8. The molecule has 1 spiro atoms. The van der Waals surface area contributed by atoms with Crippen molar-refractivity contribution in [1.82, 2.24) is 15.1 Å². The average Bonchev–Trinajstić information content (AvgIpc) is 3.59. The van der Waals surface area contributed by atoms with Crippen LogP contribution in [-0.2, 0) is 22.6 Å². The van der Waals surface area contributed by atoms with Crippen molar-refractivity contribution in [1.29, 1.82) is 0 Å². The summed E-state index contributed by atoms with van der Waals surface area (Å²) in [5.74, 6) is 1.29. The van der Waals surface area contributed by atoms with Crippen molar-refractivity contribution >= 4 is 29.1 Å². The lowest BCUT2D eigenvalue weighted by molar-refractivity contribution is -0.136. The molecule has 0 aromatic heterocycles. The van der Waals surface area contributed by atoms with Crippen LogP contribution >= 0.6 is 0 Å². The Balaban J connectivity index is 0.715. The Morgan fingerprint density at radius 2 is 1.69 bits per heavy atom. The first kappa shape index (κ1) is 39.2. The number of anilines is 2. The number of ether oxygens (including phenoxy) is 2. The Morgan fingerprint density at radius 1 is 0.871 bits per heavy atom. The van der Waals surface area contributed by atoms with E-state index in [0.29, 0.717) is 42.5 Å². The number of aromatic hydroxyl groups is 1. The molecule has 5 heterocycles. The Hall–Kier alpha value is -5.62. The molecule has 3 amide bonds. The fraction of sp³-hybridized carbons (Fsp3) is 0.460. The predicted octanol–water partition coefficient (Wildman–Crippen LogP) is 6.74. The standard InChI is InChI=1S/C50H54FN5O6/c1-61-44-23-42(40(51)21-39(44)47-36(31-5-3-2-4-6-31)9-7-32-19-35(57)8-10-37(32)47)54-28-50(29-54)15-13-30(14-16-50)24-53-17-18-55-34(26-53)27-62-45-22-38-33(20-43(45)55)25-56(49(38)60)41-11-12-46(58)52-48(41)59/h2-6,8,10,19-23,30,34,36,41,47,57H,7,9,11-18,24-29H2,1H3,(H,52,58,59)/t34-,36-,41-,47+/m0/s1. The van der Waals surface area contributed by atoms with Crippen molar-refractivity contribution in [3.63, 3.8) is 0 Å². The number of benzene rings is 4. The van der Waals surface area contributed by atoms with Crippen LogP contribution in [0.2, 0.25) is 0 Å². The number of carbonyl (C=O) groups excluding carboxylic acids is 3. The Bertz CT molecular complexity index is 2450. The van der Waals surface area contributed by atoms with E-state index in [1.807, 2.05) is 30.3 Å². The fourth-order valence-electron chi connectivity index (χ4n) is 12.2. The minimum atomic E-state index is -0.637. The number of aryl methyl sites for hydroxylation is 1. The summed E-state index contributed by atoms with van der Waals surface area (Å²) in [5.41, 5.74) is 7.65. The zero-order chi connectivity index (χ0) is 42.3. The van der Waals surface area contributed by atoms with Crippen LogP contribution in [-0.4, -0.2) is 97.7 Å². The van der Waals surface area contributed by atoms with Crippen molar-refractivity contribution in [2.75, 3.05) is 62.8 Å². The first-order valence-corrected chi connectivity index (χ1v) is 22.6. The Labute approximate surface area is 361 Å². The maximum Gasteiger partial charge on any atom is 0.255 e. The summed E-state index contributed by atoms with van der Waals surface area (Å²) in [6.45, 7) is 6.46. The van der Waals surface area contributed by atoms with E-state index in [1.165, 1.54) is 18.4 Å². The third-order valence-electron chi connectivity index (χ3n) is 15.4. The zero-order valence-electron chi connectivity index (χ0n) is 35.3. The summed E-state index contributed by atoms with van der Waals surface area (Å²) in [6, 6.07) is 23.3. The molecule has 322 valence electrons. The molecule has 0 bridgehead atoms. The lowest BCUT2D eigenvalue weighted by Gasteiger charge is -2.55. The van der Waals surface area contributed by atoms with Crippen molar-refractivity contribution in [3.05, 3.63) is 112 Å². The molecule has 11 nitrogen and oxygen atoms in total. The summed E-state index contributed by atoms with van der Waals surface area (Å²) in [6.07, 6.45) is 6.96. The van der Waals surface area contributed by atoms with Gasteiger partial charge in [-0.2, -0.15) is 0 Å². The molecule has 2 N–H and O–H groups in total. The largest absolute Gasteiger partial charge is 0.508 e. The summed E-state index contributed by atoms with van der Waals surface area (Å²) in [7, 11) is 1.69. The molecular weight excluding hydrogens is 786 g/mol. The van der Waals surface area contributed by atoms with Crippen LogP contribution in [0.4, 0.5) is 15.8 Å². The Kier molecular flexibility index (Phi) is 9.70.